The number of piperidine rings is 1. The Kier molecular flexibility index (Phi) is 9.25. The van der Waals surface area contributed by atoms with Crippen LogP contribution < -0.4 is 16.0 Å². The molecule has 1 fully saturated rings. The molecule has 7 nitrogen and oxygen atoms in total. The summed E-state index contributed by atoms with van der Waals surface area (Å²) in [5.74, 6) is 0.602. The Hall–Kier alpha value is -1.60. The summed E-state index contributed by atoms with van der Waals surface area (Å²) in [4.78, 5) is 18.2. The second-order valence-electron chi connectivity index (χ2n) is 5.28. The van der Waals surface area contributed by atoms with Gasteiger partial charge in [0.1, 0.15) is 0 Å². The van der Waals surface area contributed by atoms with Crippen LogP contribution >= 0.6 is 0 Å². The second-order valence-corrected chi connectivity index (χ2v) is 5.28. The topological polar surface area (TPSA) is 78.0 Å². The van der Waals surface area contributed by atoms with Crippen LogP contribution in [0.25, 0.3) is 0 Å². The molecule has 7 heteroatoms. The van der Waals surface area contributed by atoms with Gasteiger partial charge in [-0.2, -0.15) is 0 Å². The van der Waals surface area contributed by atoms with Gasteiger partial charge in [0.15, 0.2) is 5.96 Å². The van der Waals surface area contributed by atoms with Gasteiger partial charge in [-0.25, -0.2) is 0 Å². The van der Waals surface area contributed by atoms with E-state index in [2.05, 4.69) is 32.4 Å². The summed E-state index contributed by atoms with van der Waals surface area (Å²) in [5.41, 5.74) is 0. The number of guanidine groups is 1. The van der Waals surface area contributed by atoms with Gasteiger partial charge in [0, 0.05) is 46.4 Å². The maximum absolute atomic E-state index is 11.6. The Morgan fingerprint density at radius 1 is 1.41 bits per heavy atom. The molecule has 1 saturated heterocycles. The molecule has 1 aliphatic rings. The highest BCUT2D eigenvalue weighted by Crippen LogP contribution is 2.09. The fourth-order valence-electron chi connectivity index (χ4n) is 2.35. The Morgan fingerprint density at radius 3 is 2.73 bits per heavy atom. The summed E-state index contributed by atoms with van der Waals surface area (Å²) in [6.07, 6.45) is 4.07. The number of methoxy groups -OCH3 is 1. The molecule has 0 saturated carbocycles. The van der Waals surface area contributed by atoms with Crippen LogP contribution in [-0.4, -0.2) is 76.3 Å². The van der Waals surface area contributed by atoms with Crippen molar-refractivity contribution in [1.29, 1.82) is 0 Å². The molecular formula is C15H29N5O2. The highest BCUT2D eigenvalue weighted by molar-refractivity contribution is 5.86. The first-order chi connectivity index (χ1) is 10.7. The van der Waals surface area contributed by atoms with Crippen molar-refractivity contribution in [2.24, 2.45) is 4.99 Å². The average molecular weight is 311 g/mol. The van der Waals surface area contributed by atoms with Gasteiger partial charge in [-0.1, -0.05) is 6.08 Å². The molecule has 0 radical (unpaired) electrons. The van der Waals surface area contributed by atoms with E-state index in [1.807, 2.05) is 6.08 Å². The van der Waals surface area contributed by atoms with Crippen molar-refractivity contribution in [3.05, 3.63) is 12.7 Å². The predicted octanol–water partition coefficient (Wildman–Crippen LogP) is -0.436. The number of hydrogen-bond donors (Lipinski definition) is 3. The number of amides is 1. The van der Waals surface area contributed by atoms with E-state index >= 15 is 0 Å². The van der Waals surface area contributed by atoms with Gasteiger partial charge in [-0.05, 0) is 12.8 Å². The quantitative estimate of drug-likeness (QED) is 0.245. The molecule has 0 atom stereocenters. The zero-order valence-electron chi connectivity index (χ0n) is 13.7. The SMILES string of the molecule is C=CCN1CCC(NC(=NC)NCC(=O)NCCOC)CC1. The van der Waals surface area contributed by atoms with Gasteiger partial charge in [0.2, 0.25) is 5.91 Å². The van der Waals surface area contributed by atoms with Crippen molar-refractivity contribution < 1.29 is 9.53 Å². The minimum atomic E-state index is -0.0687. The number of likely N-dealkylation sites (tertiary alicyclic amines) is 1. The molecule has 0 aromatic rings. The van der Waals surface area contributed by atoms with E-state index in [1.54, 1.807) is 14.2 Å². The number of carbonyl (C=O) groups is 1. The Bertz CT molecular complexity index is 365. The van der Waals surface area contributed by atoms with Crippen molar-refractivity contribution in [2.75, 3.05) is 53.5 Å². The largest absolute Gasteiger partial charge is 0.383 e. The zero-order chi connectivity index (χ0) is 16.2. The van der Waals surface area contributed by atoms with Crippen molar-refractivity contribution >= 4 is 11.9 Å². The van der Waals surface area contributed by atoms with Gasteiger partial charge < -0.3 is 20.7 Å². The highest BCUT2D eigenvalue weighted by Gasteiger charge is 2.19. The van der Waals surface area contributed by atoms with Crippen LogP contribution in [0.4, 0.5) is 0 Å². The zero-order valence-corrected chi connectivity index (χ0v) is 13.7. The summed E-state index contributed by atoms with van der Waals surface area (Å²) in [5, 5.41) is 9.17. The molecule has 0 aromatic carbocycles. The summed E-state index contributed by atoms with van der Waals surface area (Å²) in [6, 6.07) is 0.392. The van der Waals surface area contributed by atoms with Crippen LogP contribution in [0.3, 0.4) is 0 Å². The average Bonchev–Trinajstić information content (AvgIpc) is 2.53. The second kappa shape index (κ2) is 11.0. The molecule has 126 valence electrons. The Labute approximate surface area is 133 Å². The first kappa shape index (κ1) is 18.4. The summed E-state index contributed by atoms with van der Waals surface area (Å²) in [7, 11) is 3.32. The molecule has 1 rings (SSSR count). The van der Waals surface area contributed by atoms with Gasteiger partial charge in [0.05, 0.1) is 13.2 Å². The summed E-state index contributed by atoms with van der Waals surface area (Å²) in [6.45, 7) is 8.07. The molecule has 0 spiro atoms. The third-order valence-corrected chi connectivity index (χ3v) is 3.58. The molecule has 1 amide bonds. The molecule has 1 aliphatic heterocycles. The fourth-order valence-corrected chi connectivity index (χ4v) is 2.35. The van der Waals surface area contributed by atoms with E-state index in [1.165, 1.54) is 0 Å². The molecular weight excluding hydrogens is 282 g/mol. The maximum atomic E-state index is 11.6. The van der Waals surface area contributed by atoms with E-state index in [0.717, 1.165) is 32.5 Å². The third-order valence-electron chi connectivity index (χ3n) is 3.58. The fraction of sp³-hybridized carbons (Fsp3) is 0.733. The maximum Gasteiger partial charge on any atom is 0.239 e. The van der Waals surface area contributed by atoms with Gasteiger partial charge in [0.25, 0.3) is 0 Å². The van der Waals surface area contributed by atoms with Crippen LogP contribution in [0.15, 0.2) is 17.6 Å². The van der Waals surface area contributed by atoms with E-state index in [9.17, 15) is 4.79 Å². The molecule has 3 N–H and O–H groups in total. The van der Waals surface area contributed by atoms with E-state index in [0.29, 0.717) is 25.2 Å². The number of hydrogen-bond acceptors (Lipinski definition) is 4. The van der Waals surface area contributed by atoms with Crippen LogP contribution in [-0.2, 0) is 9.53 Å². The van der Waals surface area contributed by atoms with Crippen molar-refractivity contribution in [3.8, 4) is 0 Å². The lowest BCUT2D eigenvalue weighted by atomic mass is 10.1. The number of nitrogens with zero attached hydrogens (tertiary/aromatic N) is 2. The first-order valence-electron chi connectivity index (χ1n) is 7.75. The minimum absolute atomic E-state index is 0.0687. The van der Waals surface area contributed by atoms with Crippen LogP contribution in [0, 0.1) is 0 Å². The van der Waals surface area contributed by atoms with E-state index < -0.39 is 0 Å². The van der Waals surface area contributed by atoms with Crippen LogP contribution in [0.1, 0.15) is 12.8 Å². The first-order valence-corrected chi connectivity index (χ1v) is 7.75. The molecule has 1 heterocycles. The van der Waals surface area contributed by atoms with Crippen molar-refractivity contribution in [2.45, 2.75) is 18.9 Å². The molecule has 0 bridgehead atoms. The normalized spacial score (nSPS) is 17.1. The minimum Gasteiger partial charge on any atom is -0.383 e. The monoisotopic (exact) mass is 311 g/mol. The number of ether oxygens (including phenoxy) is 1. The Morgan fingerprint density at radius 2 is 2.14 bits per heavy atom. The Balaban J connectivity index is 2.23. The number of aliphatic imine (C=N–C) groups is 1. The lowest BCUT2D eigenvalue weighted by molar-refractivity contribution is -0.120. The van der Waals surface area contributed by atoms with E-state index in [4.69, 9.17) is 4.74 Å². The molecule has 0 unspecified atom stereocenters. The lowest BCUT2D eigenvalue weighted by Gasteiger charge is -2.32. The highest BCUT2D eigenvalue weighted by atomic mass is 16.5. The standard InChI is InChI=1S/C15H29N5O2/c1-4-8-20-9-5-13(6-10-20)19-15(16-2)18-12-14(21)17-7-11-22-3/h4,13H,1,5-12H2,2-3H3,(H,17,21)(H2,16,18,19). The van der Waals surface area contributed by atoms with Crippen molar-refractivity contribution in [3.63, 3.8) is 0 Å². The summed E-state index contributed by atoms with van der Waals surface area (Å²) >= 11 is 0. The van der Waals surface area contributed by atoms with Crippen molar-refractivity contribution in [1.82, 2.24) is 20.9 Å². The van der Waals surface area contributed by atoms with Crippen LogP contribution in [0.2, 0.25) is 0 Å². The molecule has 0 aliphatic carbocycles. The predicted molar refractivity (Wildman–Crippen MR) is 89.0 cm³/mol. The molecule has 0 aromatic heterocycles. The van der Waals surface area contributed by atoms with E-state index in [-0.39, 0.29) is 12.5 Å². The summed E-state index contributed by atoms with van der Waals surface area (Å²) < 4.78 is 4.88. The van der Waals surface area contributed by atoms with Crippen LogP contribution in [0.5, 0.6) is 0 Å². The van der Waals surface area contributed by atoms with Gasteiger partial charge in [-0.15, -0.1) is 6.58 Å². The third kappa shape index (κ3) is 7.42. The molecule has 22 heavy (non-hydrogen) atoms. The van der Waals surface area contributed by atoms with Gasteiger partial charge >= 0.3 is 0 Å². The number of nitrogens with one attached hydrogen (secondary N) is 3. The smallest absolute Gasteiger partial charge is 0.239 e. The lowest BCUT2D eigenvalue weighted by Crippen LogP contribution is -2.50. The number of carbonyl (C=O) groups excluding carboxylic acids is 1. The number of rotatable bonds is 8. The van der Waals surface area contributed by atoms with Gasteiger partial charge in [-0.3, -0.25) is 14.7 Å².